The van der Waals surface area contributed by atoms with Gasteiger partial charge in [-0.15, -0.1) is 4.40 Å². The zero-order valence-electron chi connectivity index (χ0n) is 16.9. The van der Waals surface area contributed by atoms with Gasteiger partial charge in [0.05, 0.1) is 16.6 Å². The second kappa shape index (κ2) is 8.31. The van der Waals surface area contributed by atoms with Gasteiger partial charge in [0.1, 0.15) is 12.4 Å². The molecule has 9 nitrogen and oxygen atoms in total. The topological polar surface area (TPSA) is 114 Å². The van der Waals surface area contributed by atoms with E-state index in [1.165, 1.54) is 35.1 Å². The summed E-state index contributed by atoms with van der Waals surface area (Å²) >= 11 is 0. The number of hydrogen-bond donors (Lipinski definition) is 1. The van der Waals surface area contributed by atoms with E-state index in [4.69, 9.17) is 0 Å². The molecule has 1 fully saturated rings. The van der Waals surface area contributed by atoms with Crippen molar-refractivity contribution < 1.29 is 13.2 Å². The third kappa shape index (κ3) is 4.48. The highest BCUT2D eigenvalue weighted by Gasteiger charge is 2.20. The quantitative estimate of drug-likeness (QED) is 0.649. The molecule has 31 heavy (non-hydrogen) atoms. The summed E-state index contributed by atoms with van der Waals surface area (Å²) in [4.78, 5) is 26.3. The van der Waals surface area contributed by atoms with Crippen molar-refractivity contribution in [2.45, 2.75) is 24.3 Å². The molecule has 2 aromatic carbocycles. The van der Waals surface area contributed by atoms with Crippen LogP contribution >= 0.6 is 0 Å². The van der Waals surface area contributed by atoms with Crippen LogP contribution in [0.1, 0.15) is 12.8 Å². The highest BCUT2D eigenvalue weighted by atomic mass is 32.2. The molecule has 10 heteroatoms. The molecule has 160 valence electrons. The number of likely N-dealkylation sites (tertiary alicyclic amines) is 1. The number of carbonyl (C=O) groups is 1. The molecule has 0 bridgehead atoms. The lowest BCUT2D eigenvalue weighted by Gasteiger charge is -2.11. The molecular formula is C21H21N5O4S. The maximum Gasteiger partial charge on any atom is 0.283 e. The number of para-hydroxylation sites is 1. The fourth-order valence-electron chi connectivity index (χ4n) is 3.43. The molecule has 1 amide bonds. The van der Waals surface area contributed by atoms with Crippen LogP contribution in [0, 0.1) is 0 Å². The number of hydrogen-bond acceptors (Lipinski definition) is 5. The van der Waals surface area contributed by atoms with Crippen molar-refractivity contribution in [3.8, 4) is 0 Å². The van der Waals surface area contributed by atoms with Gasteiger partial charge in [0.25, 0.3) is 10.0 Å². The van der Waals surface area contributed by atoms with Gasteiger partial charge in [0, 0.05) is 31.1 Å². The lowest BCUT2D eigenvalue weighted by Crippen LogP contribution is -2.22. The third-order valence-electron chi connectivity index (χ3n) is 5.05. The van der Waals surface area contributed by atoms with Gasteiger partial charge < -0.3 is 10.2 Å². The van der Waals surface area contributed by atoms with E-state index in [1.54, 1.807) is 24.3 Å². The van der Waals surface area contributed by atoms with Crippen LogP contribution in [0.25, 0.3) is 10.9 Å². The summed E-state index contributed by atoms with van der Waals surface area (Å²) in [6.45, 7) is 0.694. The first-order valence-corrected chi connectivity index (χ1v) is 11.2. The summed E-state index contributed by atoms with van der Waals surface area (Å²) in [7, 11) is -1.99. The Labute approximate surface area is 179 Å². The molecule has 4 rings (SSSR count). The van der Waals surface area contributed by atoms with Crippen LogP contribution in [-0.2, 0) is 21.4 Å². The Morgan fingerprint density at radius 2 is 1.90 bits per heavy atom. The molecule has 0 saturated carbocycles. The van der Waals surface area contributed by atoms with E-state index in [-0.39, 0.29) is 22.8 Å². The number of sulfonamides is 1. The van der Waals surface area contributed by atoms with Crippen molar-refractivity contribution in [1.29, 1.82) is 0 Å². The number of anilines is 1. The largest absolute Gasteiger partial charge is 0.362 e. The molecule has 1 aromatic heterocycles. The molecule has 1 N–H and O–H groups in total. The van der Waals surface area contributed by atoms with Gasteiger partial charge >= 0.3 is 0 Å². The number of amidine groups is 1. The molecular weight excluding hydrogens is 418 g/mol. The minimum Gasteiger partial charge on any atom is -0.362 e. The first-order valence-electron chi connectivity index (χ1n) is 9.73. The normalized spacial score (nSPS) is 15.5. The molecule has 1 saturated heterocycles. The predicted molar refractivity (Wildman–Crippen MR) is 118 cm³/mol. The highest BCUT2D eigenvalue weighted by Crippen LogP contribution is 2.19. The Kier molecular flexibility index (Phi) is 5.55. The summed E-state index contributed by atoms with van der Waals surface area (Å²) in [5.41, 5.74) is 0.791. The molecule has 2 heterocycles. The maximum absolute atomic E-state index is 12.5. The second-order valence-corrected chi connectivity index (χ2v) is 8.87. The monoisotopic (exact) mass is 439 g/mol. The van der Waals surface area contributed by atoms with E-state index in [0.717, 1.165) is 13.0 Å². The Balaban J connectivity index is 1.48. The number of nitrogens with one attached hydrogen (secondary N) is 1. The van der Waals surface area contributed by atoms with Gasteiger partial charge in [0.15, 0.2) is 0 Å². The molecule has 1 aliphatic rings. The van der Waals surface area contributed by atoms with E-state index in [9.17, 15) is 18.0 Å². The minimum absolute atomic E-state index is 0.0615. The van der Waals surface area contributed by atoms with Crippen LogP contribution in [0.15, 0.2) is 68.8 Å². The zero-order chi connectivity index (χ0) is 22.0. The van der Waals surface area contributed by atoms with Crippen LogP contribution in [0.3, 0.4) is 0 Å². The first kappa shape index (κ1) is 20.7. The number of nitrogens with zero attached hydrogens (tertiary/aromatic N) is 4. The van der Waals surface area contributed by atoms with E-state index in [2.05, 4.69) is 14.8 Å². The van der Waals surface area contributed by atoms with Gasteiger partial charge in [-0.05, 0) is 42.8 Å². The van der Waals surface area contributed by atoms with E-state index in [0.29, 0.717) is 28.8 Å². The summed E-state index contributed by atoms with van der Waals surface area (Å²) in [6, 6.07) is 12.8. The molecule has 0 atom stereocenters. The fraction of sp³-hybridized carbons (Fsp3) is 0.238. The second-order valence-electron chi connectivity index (χ2n) is 7.26. The van der Waals surface area contributed by atoms with Gasteiger partial charge in [-0.25, -0.2) is 0 Å². The van der Waals surface area contributed by atoms with Crippen molar-refractivity contribution >= 4 is 38.4 Å². The van der Waals surface area contributed by atoms with Crippen LogP contribution in [0.5, 0.6) is 0 Å². The SMILES string of the molecule is CN1CCC/C1=N\S(=O)(=O)c1ccc(NC(=O)Cn2ncc(=O)c3ccccc32)cc1. The first-order chi connectivity index (χ1) is 14.8. The standard InChI is InChI=1S/C21H21N5O4S/c1-25-12-4-7-20(25)24-31(29,30)16-10-8-15(9-11-16)23-21(28)14-26-18-6-3-2-5-17(18)19(27)13-22-26/h2-3,5-6,8-11,13H,4,7,12,14H2,1H3,(H,23,28)/b24-20+. The molecule has 0 radical (unpaired) electrons. The van der Waals surface area contributed by atoms with Gasteiger partial charge in [0.2, 0.25) is 11.3 Å². The zero-order valence-corrected chi connectivity index (χ0v) is 17.7. The Morgan fingerprint density at radius 1 is 1.16 bits per heavy atom. The Bertz CT molecular complexity index is 1330. The fourth-order valence-corrected chi connectivity index (χ4v) is 4.53. The average Bonchev–Trinajstić information content (AvgIpc) is 3.14. The number of aromatic nitrogens is 2. The summed E-state index contributed by atoms with van der Waals surface area (Å²) in [6.07, 6.45) is 2.70. The summed E-state index contributed by atoms with van der Waals surface area (Å²) in [5, 5.41) is 7.23. The van der Waals surface area contributed by atoms with Crippen LogP contribution in [-0.4, -0.2) is 48.4 Å². The number of benzene rings is 2. The number of rotatable bonds is 5. The molecule has 3 aromatic rings. The Hall–Kier alpha value is -3.53. The average molecular weight is 439 g/mol. The smallest absolute Gasteiger partial charge is 0.283 e. The highest BCUT2D eigenvalue weighted by molar-refractivity contribution is 7.90. The van der Waals surface area contributed by atoms with Gasteiger partial charge in [-0.1, -0.05) is 12.1 Å². The van der Waals surface area contributed by atoms with Crippen LogP contribution in [0.4, 0.5) is 5.69 Å². The number of fused-ring (bicyclic) bond motifs is 1. The van der Waals surface area contributed by atoms with Gasteiger partial charge in [-0.3, -0.25) is 14.3 Å². The predicted octanol–water partition coefficient (Wildman–Crippen LogP) is 1.85. The molecule has 0 aliphatic carbocycles. The summed E-state index contributed by atoms with van der Waals surface area (Å²) < 4.78 is 30.4. The van der Waals surface area contributed by atoms with E-state index in [1.807, 2.05) is 11.9 Å². The van der Waals surface area contributed by atoms with Crippen molar-refractivity contribution in [1.82, 2.24) is 14.7 Å². The van der Waals surface area contributed by atoms with Crippen LogP contribution in [0.2, 0.25) is 0 Å². The molecule has 0 unspecified atom stereocenters. The van der Waals surface area contributed by atoms with E-state index < -0.39 is 10.0 Å². The van der Waals surface area contributed by atoms with E-state index >= 15 is 0 Å². The maximum atomic E-state index is 12.5. The lowest BCUT2D eigenvalue weighted by molar-refractivity contribution is -0.116. The lowest BCUT2D eigenvalue weighted by atomic mass is 10.2. The third-order valence-corrected chi connectivity index (χ3v) is 6.37. The van der Waals surface area contributed by atoms with Crippen molar-refractivity contribution in [2.24, 2.45) is 4.40 Å². The molecule has 1 aliphatic heterocycles. The van der Waals surface area contributed by atoms with Crippen LogP contribution < -0.4 is 10.7 Å². The molecule has 0 spiro atoms. The van der Waals surface area contributed by atoms with Gasteiger partial charge in [-0.2, -0.15) is 13.5 Å². The number of amides is 1. The summed E-state index contributed by atoms with van der Waals surface area (Å²) in [5.74, 6) is 0.197. The van der Waals surface area contributed by atoms with Crippen molar-refractivity contribution in [2.75, 3.05) is 18.9 Å². The number of carbonyl (C=O) groups excluding carboxylic acids is 1. The van der Waals surface area contributed by atoms with Crippen molar-refractivity contribution in [3.05, 3.63) is 65.0 Å². The Morgan fingerprint density at radius 3 is 2.61 bits per heavy atom. The minimum atomic E-state index is -3.81. The van der Waals surface area contributed by atoms with Crippen molar-refractivity contribution in [3.63, 3.8) is 0 Å².